The Labute approximate surface area is 140 Å². The SMILES string of the molecule is Cl.Fc1ccc(-c2ccc3c(c2)CC=C3c2ccncc2)cc1. The van der Waals surface area contributed by atoms with Crippen molar-refractivity contribution in [2.75, 3.05) is 0 Å². The standard InChI is InChI=1S/C20H14FN.ClH/c21-18-5-1-14(2-6-18)16-3-7-20-17(13-16)4-8-19(20)15-9-11-22-12-10-15;/h1-3,5-13H,4H2;1H. The zero-order chi connectivity index (χ0) is 14.9. The highest BCUT2D eigenvalue weighted by Crippen LogP contribution is 2.35. The molecule has 0 fully saturated rings. The molecule has 1 aliphatic carbocycles. The molecule has 0 unspecified atom stereocenters. The fourth-order valence-electron chi connectivity index (χ4n) is 2.97. The summed E-state index contributed by atoms with van der Waals surface area (Å²) in [6, 6.07) is 17.2. The van der Waals surface area contributed by atoms with E-state index in [1.165, 1.54) is 34.4 Å². The van der Waals surface area contributed by atoms with Gasteiger partial charge < -0.3 is 0 Å². The Balaban J connectivity index is 0.00000156. The van der Waals surface area contributed by atoms with Crippen LogP contribution in [-0.4, -0.2) is 4.98 Å². The third kappa shape index (κ3) is 2.90. The van der Waals surface area contributed by atoms with Crippen LogP contribution in [0.5, 0.6) is 0 Å². The summed E-state index contributed by atoms with van der Waals surface area (Å²) in [7, 11) is 0. The van der Waals surface area contributed by atoms with Crippen LogP contribution >= 0.6 is 12.4 Å². The second-order valence-electron chi connectivity index (χ2n) is 5.44. The van der Waals surface area contributed by atoms with Gasteiger partial charge in [-0.2, -0.15) is 0 Å². The first kappa shape index (κ1) is 15.4. The summed E-state index contributed by atoms with van der Waals surface area (Å²) < 4.78 is 13.0. The number of aromatic nitrogens is 1. The molecule has 1 aliphatic rings. The molecule has 0 saturated carbocycles. The first-order valence-corrected chi connectivity index (χ1v) is 7.31. The van der Waals surface area contributed by atoms with Gasteiger partial charge in [-0.1, -0.05) is 36.4 Å². The number of pyridine rings is 1. The minimum absolute atomic E-state index is 0. The highest BCUT2D eigenvalue weighted by Gasteiger charge is 2.16. The topological polar surface area (TPSA) is 12.9 Å². The fourth-order valence-corrected chi connectivity index (χ4v) is 2.97. The average Bonchev–Trinajstić information content (AvgIpc) is 2.99. The maximum absolute atomic E-state index is 13.0. The van der Waals surface area contributed by atoms with Crippen LogP contribution in [0.25, 0.3) is 16.7 Å². The number of rotatable bonds is 2. The number of nitrogens with zero attached hydrogens (tertiary/aromatic N) is 1. The van der Waals surface area contributed by atoms with Crippen LogP contribution < -0.4 is 0 Å². The van der Waals surface area contributed by atoms with Gasteiger partial charge in [0.2, 0.25) is 0 Å². The molecule has 23 heavy (non-hydrogen) atoms. The number of benzene rings is 2. The summed E-state index contributed by atoms with van der Waals surface area (Å²) in [5.74, 6) is -0.202. The number of allylic oxidation sites excluding steroid dienone is 1. The van der Waals surface area contributed by atoms with E-state index < -0.39 is 0 Å². The highest BCUT2D eigenvalue weighted by molar-refractivity contribution is 5.86. The first-order chi connectivity index (χ1) is 10.8. The monoisotopic (exact) mass is 323 g/mol. The summed E-state index contributed by atoms with van der Waals surface area (Å²) >= 11 is 0. The van der Waals surface area contributed by atoms with Crippen molar-refractivity contribution >= 4 is 18.0 Å². The van der Waals surface area contributed by atoms with Crippen LogP contribution in [0.2, 0.25) is 0 Å². The predicted molar refractivity (Wildman–Crippen MR) is 94.1 cm³/mol. The van der Waals surface area contributed by atoms with Crippen molar-refractivity contribution in [3.8, 4) is 11.1 Å². The van der Waals surface area contributed by atoms with Gasteiger partial charge in [-0.05, 0) is 64.1 Å². The summed E-state index contributed by atoms with van der Waals surface area (Å²) in [6.07, 6.45) is 6.83. The smallest absolute Gasteiger partial charge is 0.123 e. The van der Waals surface area contributed by atoms with Gasteiger partial charge in [0.05, 0.1) is 0 Å². The lowest BCUT2D eigenvalue weighted by Crippen LogP contribution is -1.89. The second-order valence-corrected chi connectivity index (χ2v) is 5.44. The van der Waals surface area contributed by atoms with Crippen molar-refractivity contribution in [1.82, 2.24) is 4.98 Å². The molecule has 1 nitrogen and oxygen atoms in total. The Morgan fingerprint density at radius 3 is 2.22 bits per heavy atom. The van der Waals surface area contributed by atoms with Crippen molar-refractivity contribution in [1.29, 1.82) is 0 Å². The van der Waals surface area contributed by atoms with Crippen molar-refractivity contribution in [3.63, 3.8) is 0 Å². The van der Waals surface area contributed by atoms with Crippen LogP contribution in [0, 0.1) is 5.82 Å². The van der Waals surface area contributed by atoms with Gasteiger partial charge in [0.1, 0.15) is 5.82 Å². The molecule has 0 bridgehead atoms. The van der Waals surface area contributed by atoms with Gasteiger partial charge in [-0.3, -0.25) is 4.98 Å². The van der Waals surface area contributed by atoms with Gasteiger partial charge in [-0.15, -0.1) is 12.4 Å². The van der Waals surface area contributed by atoms with Crippen molar-refractivity contribution in [2.24, 2.45) is 0 Å². The van der Waals surface area contributed by atoms with Gasteiger partial charge in [0.15, 0.2) is 0 Å². The van der Waals surface area contributed by atoms with Crippen molar-refractivity contribution < 1.29 is 4.39 Å². The molecule has 3 aromatic rings. The Kier molecular flexibility index (Phi) is 4.26. The Bertz CT molecular complexity index is 855. The summed E-state index contributed by atoms with van der Waals surface area (Å²) in [4.78, 5) is 4.08. The summed E-state index contributed by atoms with van der Waals surface area (Å²) in [5, 5.41) is 0. The van der Waals surface area contributed by atoms with E-state index in [0.29, 0.717) is 0 Å². The van der Waals surface area contributed by atoms with Crippen molar-refractivity contribution in [2.45, 2.75) is 6.42 Å². The van der Waals surface area contributed by atoms with Gasteiger partial charge in [-0.25, -0.2) is 4.39 Å². The molecule has 114 valence electrons. The van der Waals surface area contributed by atoms with Crippen LogP contribution in [-0.2, 0) is 6.42 Å². The molecule has 3 heteroatoms. The van der Waals surface area contributed by atoms with Crippen LogP contribution in [0.4, 0.5) is 4.39 Å². The average molecular weight is 324 g/mol. The second kappa shape index (κ2) is 6.35. The molecular formula is C20H15ClFN. The lowest BCUT2D eigenvalue weighted by Gasteiger charge is -2.09. The Hall–Kier alpha value is -2.45. The van der Waals surface area contributed by atoms with E-state index in [1.807, 2.05) is 36.7 Å². The third-order valence-electron chi connectivity index (χ3n) is 4.09. The molecule has 0 atom stereocenters. The van der Waals surface area contributed by atoms with E-state index in [2.05, 4.69) is 29.3 Å². The van der Waals surface area contributed by atoms with Gasteiger partial charge in [0, 0.05) is 12.4 Å². The molecule has 0 aliphatic heterocycles. The molecule has 0 N–H and O–H groups in total. The van der Waals surface area contributed by atoms with E-state index >= 15 is 0 Å². The highest BCUT2D eigenvalue weighted by atomic mass is 35.5. The van der Waals surface area contributed by atoms with E-state index in [9.17, 15) is 4.39 Å². The van der Waals surface area contributed by atoms with E-state index in [4.69, 9.17) is 0 Å². The number of halogens is 2. The summed E-state index contributed by atoms with van der Waals surface area (Å²) in [5.41, 5.74) is 7.22. The van der Waals surface area contributed by atoms with Gasteiger partial charge >= 0.3 is 0 Å². The largest absolute Gasteiger partial charge is 0.265 e. The number of hydrogen-bond donors (Lipinski definition) is 0. The first-order valence-electron chi connectivity index (χ1n) is 7.31. The summed E-state index contributed by atoms with van der Waals surface area (Å²) in [6.45, 7) is 0. The normalized spacial score (nSPS) is 12.3. The van der Waals surface area contributed by atoms with Crippen LogP contribution in [0.15, 0.2) is 73.1 Å². The number of hydrogen-bond acceptors (Lipinski definition) is 1. The zero-order valence-electron chi connectivity index (χ0n) is 12.4. The lowest BCUT2D eigenvalue weighted by atomic mass is 9.96. The molecule has 0 amide bonds. The third-order valence-corrected chi connectivity index (χ3v) is 4.09. The lowest BCUT2D eigenvalue weighted by molar-refractivity contribution is 0.628. The van der Waals surface area contributed by atoms with E-state index in [-0.39, 0.29) is 18.2 Å². The molecule has 4 rings (SSSR count). The molecule has 0 radical (unpaired) electrons. The van der Waals surface area contributed by atoms with Gasteiger partial charge in [0.25, 0.3) is 0 Å². The van der Waals surface area contributed by atoms with Crippen LogP contribution in [0.1, 0.15) is 16.7 Å². The zero-order valence-corrected chi connectivity index (χ0v) is 13.2. The number of fused-ring (bicyclic) bond motifs is 1. The maximum Gasteiger partial charge on any atom is 0.123 e. The molecule has 0 saturated heterocycles. The van der Waals surface area contributed by atoms with E-state index in [0.717, 1.165) is 17.5 Å². The molecule has 2 aromatic carbocycles. The minimum Gasteiger partial charge on any atom is -0.265 e. The molecular weight excluding hydrogens is 309 g/mol. The molecule has 1 aromatic heterocycles. The Morgan fingerprint density at radius 1 is 0.783 bits per heavy atom. The quantitative estimate of drug-likeness (QED) is 0.624. The molecule has 1 heterocycles. The van der Waals surface area contributed by atoms with E-state index in [1.54, 1.807) is 0 Å². The Morgan fingerprint density at radius 2 is 1.48 bits per heavy atom. The fraction of sp³-hybridized carbons (Fsp3) is 0.0500. The minimum atomic E-state index is -0.202. The van der Waals surface area contributed by atoms with Crippen LogP contribution in [0.3, 0.4) is 0 Å². The van der Waals surface area contributed by atoms with Crippen molar-refractivity contribution in [3.05, 3.63) is 95.6 Å². The maximum atomic E-state index is 13.0. The molecule has 0 spiro atoms. The predicted octanol–water partition coefficient (Wildman–Crippen LogP) is 5.30.